The molecule has 1 N–H and O–H groups in total. The fraction of sp³-hybridized carbons (Fsp3) is 1.00. The van der Waals surface area contributed by atoms with Crippen molar-refractivity contribution in [3.63, 3.8) is 0 Å². The molecule has 0 aromatic rings. The average Bonchev–Trinajstić information content (AvgIpc) is 3.04. The Balaban J connectivity index is 1.69. The minimum absolute atomic E-state index is 0.279. The molecule has 0 aromatic heterocycles. The van der Waals surface area contributed by atoms with Crippen molar-refractivity contribution in [2.75, 3.05) is 6.61 Å². The standard InChI is InChI=1S/C29H54O2Si/c1-20(15-18-30)22-12-13-23-26-24(14-17-29(22,23)6)28(5)16-10-9-11-21(28)19-25(26)31-32(7,8)27(2,3)4/h20-26,30H,9-19H2,1-8H3/t20-,21+,22-,23?,24?,25+,26?,28+,29-/m1/s1. The predicted octanol–water partition coefficient (Wildman–Crippen LogP) is 8.05. The van der Waals surface area contributed by atoms with Crippen LogP contribution in [0.4, 0.5) is 0 Å². The van der Waals surface area contributed by atoms with Crippen molar-refractivity contribution < 1.29 is 9.53 Å². The molecule has 0 heterocycles. The van der Waals surface area contributed by atoms with Gasteiger partial charge in [0.15, 0.2) is 8.32 Å². The SMILES string of the molecule is C[C@H](CCO)[C@H]1CCC2C3C(CC[C@@]21C)[C@@]1(C)CCCC[C@H]1C[C@@H]3O[Si](C)(C)C(C)(C)C. The van der Waals surface area contributed by atoms with E-state index in [0.29, 0.717) is 29.5 Å². The van der Waals surface area contributed by atoms with Gasteiger partial charge < -0.3 is 9.53 Å². The third kappa shape index (κ3) is 3.98. The van der Waals surface area contributed by atoms with E-state index >= 15 is 0 Å². The highest BCUT2D eigenvalue weighted by Gasteiger charge is 2.63. The summed E-state index contributed by atoms with van der Waals surface area (Å²) in [5, 5.41) is 9.94. The molecule has 4 aliphatic carbocycles. The molecule has 0 aliphatic heterocycles. The van der Waals surface area contributed by atoms with Crippen LogP contribution in [-0.2, 0) is 4.43 Å². The largest absolute Gasteiger partial charge is 0.414 e. The van der Waals surface area contributed by atoms with Crippen LogP contribution in [0.5, 0.6) is 0 Å². The van der Waals surface area contributed by atoms with Gasteiger partial charge in [-0.3, -0.25) is 0 Å². The highest BCUT2D eigenvalue weighted by atomic mass is 28.4. The second kappa shape index (κ2) is 8.66. The molecule has 4 saturated carbocycles. The van der Waals surface area contributed by atoms with Crippen LogP contribution in [0.15, 0.2) is 0 Å². The molecule has 32 heavy (non-hydrogen) atoms. The van der Waals surface area contributed by atoms with Gasteiger partial charge in [0.1, 0.15) is 0 Å². The van der Waals surface area contributed by atoms with Crippen LogP contribution < -0.4 is 0 Å². The Bertz CT molecular complexity index is 669. The van der Waals surface area contributed by atoms with Crippen LogP contribution in [0.2, 0.25) is 18.1 Å². The van der Waals surface area contributed by atoms with Gasteiger partial charge >= 0.3 is 0 Å². The minimum Gasteiger partial charge on any atom is -0.414 e. The summed E-state index contributed by atoms with van der Waals surface area (Å²) in [6, 6.07) is 0. The Kier molecular flexibility index (Phi) is 6.83. The van der Waals surface area contributed by atoms with Gasteiger partial charge in [-0.05, 0) is 116 Å². The van der Waals surface area contributed by atoms with Gasteiger partial charge in [-0.2, -0.15) is 0 Å². The fourth-order valence-corrected chi connectivity index (χ4v) is 10.7. The van der Waals surface area contributed by atoms with Crippen molar-refractivity contribution >= 4 is 8.32 Å². The lowest BCUT2D eigenvalue weighted by atomic mass is 9.44. The maximum atomic E-state index is 9.66. The van der Waals surface area contributed by atoms with Crippen molar-refractivity contribution in [1.29, 1.82) is 0 Å². The molecule has 0 spiro atoms. The van der Waals surface area contributed by atoms with Gasteiger partial charge in [0.05, 0.1) is 0 Å². The van der Waals surface area contributed by atoms with E-state index in [0.717, 1.165) is 36.0 Å². The minimum atomic E-state index is -1.80. The van der Waals surface area contributed by atoms with E-state index < -0.39 is 8.32 Å². The molecule has 2 nitrogen and oxygen atoms in total. The van der Waals surface area contributed by atoms with Gasteiger partial charge in [0.25, 0.3) is 0 Å². The maximum absolute atomic E-state index is 9.66. The summed E-state index contributed by atoms with van der Waals surface area (Å²) in [6.07, 6.45) is 14.2. The molecular weight excluding hydrogens is 408 g/mol. The van der Waals surface area contributed by atoms with Gasteiger partial charge in [0.2, 0.25) is 0 Å². The Morgan fingerprint density at radius 2 is 1.66 bits per heavy atom. The molecular formula is C29H54O2Si. The summed E-state index contributed by atoms with van der Waals surface area (Å²) in [5.41, 5.74) is 0.995. The first-order valence-electron chi connectivity index (χ1n) is 14.1. The first-order chi connectivity index (χ1) is 14.8. The molecule has 4 fully saturated rings. The molecule has 4 aliphatic rings. The summed E-state index contributed by atoms with van der Waals surface area (Å²) in [4.78, 5) is 0. The summed E-state index contributed by atoms with van der Waals surface area (Å²) in [6.45, 7) is 20.3. The van der Waals surface area contributed by atoms with Crippen LogP contribution in [0.25, 0.3) is 0 Å². The van der Waals surface area contributed by atoms with E-state index in [1.807, 2.05) is 0 Å². The van der Waals surface area contributed by atoms with Crippen molar-refractivity contribution in [2.45, 2.75) is 130 Å². The second-order valence-corrected chi connectivity index (χ2v) is 19.4. The first-order valence-corrected chi connectivity index (χ1v) is 17.0. The van der Waals surface area contributed by atoms with Crippen LogP contribution in [-0.4, -0.2) is 26.1 Å². The lowest BCUT2D eigenvalue weighted by molar-refractivity contribution is -0.160. The Morgan fingerprint density at radius 3 is 2.31 bits per heavy atom. The number of aliphatic hydroxyl groups is 1. The monoisotopic (exact) mass is 462 g/mol. The first kappa shape index (κ1) is 25.2. The van der Waals surface area contributed by atoms with Crippen LogP contribution in [0, 0.1) is 46.3 Å². The third-order valence-corrected chi connectivity index (χ3v) is 16.7. The molecule has 0 radical (unpaired) electrons. The van der Waals surface area contributed by atoms with E-state index in [9.17, 15) is 5.11 Å². The maximum Gasteiger partial charge on any atom is 0.192 e. The van der Waals surface area contributed by atoms with Crippen molar-refractivity contribution in [2.24, 2.45) is 46.3 Å². The second-order valence-electron chi connectivity index (χ2n) is 14.6. The van der Waals surface area contributed by atoms with Gasteiger partial charge in [-0.25, -0.2) is 0 Å². The van der Waals surface area contributed by atoms with E-state index in [1.54, 1.807) is 0 Å². The zero-order valence-corrected chi connectivity index (χ0v) is 23.7. The van der Waals surface area contributed by atoms with Gasteiger partial charge in [0, 0.05) is 12.7 Å². The van der Waals surface area contributed by atoms with Crippen LogP contribution in [0.3, 0.4) is 0 Å². The van der Waals surface area contributed by atoms with E-state index in [-0.39, 0.29) is 5.04 Å². The molecule has 186 valence electrons. The quantitative estimate of drug-likeness (QED) is 0.419. The number of rotatable bonds is 5. The normalized spacial score (nSPS) is 45.7. The van der Waals surface area contributed by atoms with E-state index in [1.165, 1.54) is 57.8 Å². The number of hydrogen-bond acceptors (Lipinski definition) is 2. The summed E-state index contributed by atoms with van der Waals surface area (Å²) in [7, 11) is -1.80. The lowest BCUT2D eigenvalue weighted by Crippen LogP contribution is -2.60. The zero-order chi connectivity index (χ0) is 23.5. The number of hydrogen-bond donors (Lipinski definition) is 1. The predicted molar refractivity (Wildman–Crippen MR) is 138 cm³/mol. The summed E-state index contributed by atoms with van der Waals surface area (Å²) < 4.78 is 7.40. The molecule has 0 saturated heterocycles. The smallest absolute Gasteiger partial charge is 0.192 e. The number of fused-ring (bicyclic) bond motifs is 5. The molecule has 0 amide bonds. The Hall–Kier alpha value is 0.137. The Morgan fingerprint density at radius 1 is 0.969 bits per heavy atom. The third-order valence-electron chi connectivity index (χ3n) is 12.2. The highest BCUT2D eigenvalue weighted by Crippen LogP contribution is 2.69. The number of aliphatic hydroxyl groups excluding tert-OH is 1. The molecule has 3 heteroatoms. The van der Waals surface area contributed by atoms with Gasteiger partial charge in [-0.1, -0.05) is 54.4 Å². The van der Waals surface area contributed by atoms with E-state index in [4.69, 9.17) is 4.43 Å². The summed E-state index contributed by atoms with van der Waals surface area (Å²) >= 11 is 0. The topological polar surface area (TPSA) is 29.5 Å². The van der Waals surface area contributed by atoms with Crippen molar-refractivity contribution in [1.82, 2.24) is 0 Å². The average molecular weight is 463 g/mol. The van der Waals surface area contributed by atoms with Crippen LogP contribution >= 0.6 is 0 Å². The van der Waals surface area contributed by atoms with Crippen molar-refractivity contribution in [3.05, 3.63) is 0 Å². The molecule has 3 unspecified atom stereocenters. The lowest BCUT2D eigenvalue weighted by Gasteiger charge is -2.63. The van der Waals surface area contributed by atoms with E-state index in [2.05, 4.69) is 54.6 Å². The zero-order valence-electron chi connectivity index (χ0n) is 22.7. The molecule has 9 atom stereocenters. The van der Waals surface area contributed by atoms with Crippen molar-refractivity contribution in [3.8, 4) is 0 Å². The van der Waals surface area contributed by atoms with Crippen LogP contribution in [0.1, 0.15) is 106 Å². The summed E-state index contributed by atoms with van der Waals surface area (Å²) in [5.74, 6) is 4.75. The fourth-order valence-electron chi connectivity index (χ4n) is 9.29. The van der Waals surface area contributed by atoms with Gasteiger partial charge in [-0.15, -0.1) is 0 Å². The molecule has 0 aromatic carbocycles. The molecule has 0 bridgehead atoms. The highest BCUT2D eigenvalue weighted by molar-refractivity contribution is 6.74. The molecule has 4 rings (SSSR count). The Labute approximate surface area is 200 Å².